The Morgan fingerprint density at radius 1 is 1.32 bits per heavy atom. The molecule has 0 aliphatic carbocycles. The van der Waals surface area contributed by atoms with Crippen LogP contribution in [-0.4, -0.2) is 16.1 Å². The summed E-state index contributed by atoms with van der Waals surface area (Å²) in [6.45, 7) is 8.09. The van der Waals surface area contributed by atoms with E-state index in [1.54, 1.807) is 0 Å². The number of nitrogens with zero attached hydrogens (tertiary/aromatic N) is 2. The Kier molecular flexibility index (Phi) is 5.44. The molecule has 19 heavy (non-hydrogen) atoms. The number of hydrogen-bond donors (Lipinski definition) is 1. The zero-order valence-electron chi connectivity index (χ0n) is 12.7. The van der Waals surface area contributed by atoms with Crippen LogP contribution in [0.4, 0.5) is 0 Å². The van der Waals surface area contributed by atoms with Gasteiger partial charge in [0.2, 0.25) is 0 Å². The van der Waals surface area contributed by atoms with E-state index in [1.165, 1.54) is 44.2 Å². The summed E-state index contributed by atoms with van der Waals surface area (Å²) in [6.07, 6.45) is 11.9. The van der Waals surface area contributed by atoms with E-state index in [9.17, 15) is 0 Å². The highest BCUT2D eigenvalue weighted by molar-refractivity contribution is 5.07. The fourth-order valence-corrected chi connectivity index (χ4v) is 3.02. The van der Waals surface area contributed by atoms with Crippen LogP contribution in [0, 0.1) is 5.92 Å². The lowest BCUT2D eigenvalue weighted by atomic mass is 10.0. The number of hydrogen-bond acceptors (Lipinski definition) is 2. The van der Waals surface area contributed by atoms with Gasteiger partial charge in [-0.3, -0.25) is 0 Å². The fraction of sp³-hybridized carbons (Fsp3) is 0.812. The third-order valence-electron chi connectivity index (χ3n) is 4.24. The summed E-state index contributed by atoms with van der Waals surface area (Å²) in [5.41, 5.74) is 1.39. The first kappa shape index (κ1) is 14.6. The number of rotatable bonds is 6. The Bertz CT molecular complexity index is 364. The molecule has 3 nitrogen and oxygen atoms in total. The van der Waals surface area contributed by atoms with Crippen LogP contribution < -0.4 is 5.32 Å². The number of nitrogens with one attached hydrogen (secondary N) is 1. The molecule has 0 amide bonds. The topological polar surface area (TPSA) is 29.9 Å². The molecular weight excluding hydrogens is 234 g/mol. The van der Waals surface area contributed by atoms with Gasteiger partial charge in [0, 0.05) is 18.3 Å². The van der Waals surface area contributed by atoms with Crippen LogP contribution in [0.2, 0.25) is 0 Å². The lowest BCUT2D eigenvalue weighted by Gasteiger charge is -2.26. The molecule has 0 spiro atoms. The van der Waals surface area contributed by atoms with Gasteiger partial charge in [0.25, 0.3) is 0 Å². The number of piperidine rings is 1. The maximum Gasteiger partial charge on any atom is 0.0951 e. The summed E-state index contributed by atoms with van der Waals surface area (Å²) in [6, 6.07) is 1.09. The minimum Gasteiger partial charge on any atom is -0.330 e. The third-order valence-corrected chi connectivity index (χ3v) is 4.24. The SMILES string of the molecule is CC(C)CCCC(C)n1cncc1C1CCCCN1. The summed E-state index contributed by atoms with van der Waals surface area (Å²) in [7, 11) is 0. The summed E-state index contributed by atoms with van der Waals surface area (Å²) in [5, 5.41) is 3.63. The lowest BCUT2D eigenvalue weighted by molar-refractivity contribution is 0.371. The molecule has 0 saturated carbocycles. The number of imidazole rings is 1. The first-order chi connectivity index (χ1) is 9.18. The van der Waals surface area contributed by atoms with E-state index in [-0.39, 0.29) is 0 Å². The van der Waals surface area contributed by atoms with Crippen molar-refractivity contribution in [3.05, 3.63) is 18.2 Å². The zero-order valence-corrected chi connectivity index (χ0v) is 12.7. The van der Waals surface area contributed by atoms with Gasteiger partial charge < -0.3 is 9.88 Å². The predicted octanol–water partition coefficient (Wildman–Crippen LogP) is 4.09. The second-order valence-corrected chi connectivity index (χ2v) is 6.40. The third kappa shape index (κ3) is 4.07. The maximum atomic E-state index is 4.38. The van der Waals surface area contributed by atoms with E-state index in [1.807, 2.05) is 6.33 Å². The fourth-order valence-electron chi connectivity index (χ4n) is 3.02. The second-order valence-electron chi connectivity index (χ2n) is 6.40. The molecule has 0 aromatic carbocycles. The van der Waals surface area contributed by atoms with Gasteiger partial charge >= 0.3 is 0 Å². The maximum absolute atomic E-state index is 4.38. The highest BCUT2D eigenvalue weighted by Crippen LogP contribution is 2.26. The van der Waals surface area contributed by atoms with Gasteiger partial charge in [-0.05, 0) is 38.6 Å². The molecule has 2 heterocycles. The minimum atomic E-state index is 0.517. The van der Waals surface area contributed by atoms with Crippen molar-refractivity contribution in [3.8, 4) is 0 Å². The average molecular weight is 263 g/mol. The van der Waals surface area contributed by atoms with Crippen molar-refractivity contribution < 1.29 is 0 Å². The molecule has 2 unspecified atom stereocenters. The van der Waals surface area contributed by atoms with Gasteiger partial charge in [0.05, 0.1) is 12.0 Å². The molecule has 1 N–H and O–H groups in total. The summed E-state index contributed by atoms with van der Waals surface area (Å²) in [5.74, 6) is 0.814. The summed E-state index contributed by atoms with van der Waals surface area (Å²) >= 11 is 0. The van der Waals surface area contributed by atoms with Gasteiger partial charge in [0.1, 0.15) is 0 Å². The normalized spacial score (nSPS) is 21.8. The molecule has 1 aromatic heterocycles. The van der Waals surface area contributed by atoms with E-state index < -0.39 is 0 Å². The standard InChI is InChI=1S/C16H29N3/c1-13(2)7-6-8-14(3)19-12-17-11-16(19)15-9-4-5-10-18-15/h11-15,18H,4-10H2,1-3H3. The van der Waals surface area contributed by atoms with Crippen molar-refractivity contribution in [1.82, 2.24) is 14.9 Å². The molecule has 3 heteroatoms. The molecule has 0 radical (unpaired) electrons. The Balaban J connectivity index is 1.93. The Morgan fingerprint density at radius 2 is 2.16 bits per heavy atom. The molecule has 1 fully saturated rings. The van der Waals surface area contributed by atoms with Crippen LogP contribution in [0.15, 0.2) is 12.5 Å². The first-order valence-electron chi connectivity index (χ1n) is 7.93. The summed E-state index contributed by atoms with van der Waals surface area (Å²) in [4.78, 5) is 4.38. The van der Waals surface area contributed by atoms with Crippen LogP contribution in [-0.2, 0) is 0 Å². The van der Waals surface area contributed by atoms with Crippen LogP contribution in [0.5, 0.6) is 0 Å². The Labute approximate surface area is 117 Å². The van der Waals surface area contributed by atoms with Crippen LogP contribution in [0.1, 0.15) is 77.1 Å². The summed E-state index contributed by atoms with van der Waals surface area (Å²) < 4.78 is 2.39. The van der Waals surface area contributed by atoms with Crippen LogP contribution in [0.3, 0.4) is 0 Å². The molecule has 1 aliphatic heterocycles. The van der Waals surface area contributed by atoms with Gasteiger partial charge in [-0.25, -0.2) is 4.98 Å². The highest BCUT2D eigenvalue weighted by Gasteiger charge is 2.20. The molecule has 108 valence electrons. The van der Waals surface area contributed by atoms with Crippen LogP contribution in [0.25, 0.3) is 0 Å². The molecular formula is C16H29N3. The predicted molar refractivity (Wildman–Crippen MR) is 80.2 cm³/mol. The van der Waals surface area contributed by atoms with Crippen molar-refractivity contribution >= 4 is 0 Å². The minimum absolute atomic E-state index is 0.517. The van der Waals surface area contributed by atoms with E-state index >= 15 is 0 Å². The Morgan fingerprint density at radius 3 is 2.84 bits per heavy atom. The molecule has 1 aliphatic rings. The largest absolute Gasteiger partial charge is 0.330 e. The number of aromatic nitrogens is 2. The van der Waals surface area contributed by atoms with Crippen molar-refractivity contribution in [1.29, 1.82) is 0 Å². The Hall–Kier alpha value is -0.830. The van der Waals surface area contributed by atoms with Gasteiger partial charge in [-0.2, -0.15) is 0 Å². The van der Waals surface area contributed by atoms with Crippen molar-refractivity contribution in [3.63, 3.8) is 0 Å². The van der Waals surface area contributed by atoms with Crippen LogP contribution >= 0.6 is 0 Å². The van der Waals surface area contributed by atoms with E-state index in [4.69, 9.17) is 0 Å². The van der Waals surface area contributed by atoms with E-state index in [0.717, 1.165) is 12.5 Å². The molecule has 0 bridgehead atoms. The van der Waals surface area contributed by atoms with Crippen molar-refractivity contribution in [2.24, 2.45) is 5.92 Å². The van der Waals surface area contributed by atoms with Crippen molar-refractivity contribution in [2.75, 3.05) is 6.54 Å². The van der Waals surface area contributed by atoms with Gasteiger partial charge in [-0.15, -0.1) is 0 Å². The average Bonchev–Trinajstić information content (AvgIpc) is 2.88. The quantitative estimate of drug-likeness (QED) is 0.838. The highest BCUT2D eigenvalue weighted by atomic mass is 15.1. The zero-order chi connectivity index (χ0) is 13.7. The van der Waals surface area contributed by atoms with Gasteiger partial charge in [-0.1, -0.05) is 33.1 Å². The second kappa shape index (κ2) is 7.09. The smallest absolute Gasteiger partial charge is 0.0951 e. The molecule has 2 atom stereocenters. The van der Waals surface area contributed by atoms with Gasteiger partial charge in [0.15, 0.2) is 0 Å². The lowest BCUT2D eigenvalue weighted by Crippen LogP contribution is -2.29. The van der Waals surface area contributed by atoms with E-state index in [0.29, 0.717) is 12.1 Å². The van der Waals surface area contributed by atoms with Crippen molar-refractivity contribution in [2.45, 2.75) is 71.4 Å². The molecule has 1 saturated heterocycles. The monoisotopic (exact) mass is 263 g/mol. The molecule has 1 aromatic rings. The first-order valence-corrected chi connectivity index (χ1v) is 7.93. The van der Waals surface area contributed by atoms with E-state index in [2.05, 4.69) is 41.8 Å². The molecule has 2 rings (SSSR count).